The van der Waals surface area contributed by atoms with Gasteiger partial charge in [-0.1, -0.05) is 0 Å². The van der Waals surface area contributed by atoms with Gasteiger partial charge >= 0.3 is 5.97 Å². The SMILES string of the molecule is COCCNC(=O)CNC(=O)C1CCC1C(=O)O. The molecule has 0 aliphatic heterocycles. The molecule has 1 fully saturated rings. The van der Waals surface area contributed by atoms with Crippen LogP contribution >= 0.6 is 0 Å². The highest BCUT2D eigenvalue weighted by molar-refractivity contribution is 5.89. The van der Waals surface area contributed by atoms with Gasteiger partial charge in [-0.2, -0.15) is 0 Å². The highest BCUT2D eigenvalue weighted by Crippen LogP contribution is 2.34. The predicted octanol–water partition coefficient (Wildman–Crippen LogP) is -1.02. The van der Waals surface area contributed by atoms with Crippen LogP contribution in [0.5, 0.6) is 0 Å². The molecule has 0 bridgehead atoms. The van der Waals surface area contributed by atoms with E-state index in [1.807, 2.05) is 0 Å². The van der Waals surface area contributed by atoms with Gasteiger partial charge in [0.05, 0.1) is 25.0 Å². The molecule has 1 aliphatic carbocycles. The van der Waals surface area contributed by atoms with Crippen molar-refractivity contribution in [2.24, 2.45) is 11.8 Å². The zero-order valence-electron chi connectivity index (χ0n) is 10.3. The zero-order chi connectivity index (χ0) is 13.5. The van der Waals surface area contributed by atoms with E-state index in [1.54, 1.807) is 0 Å². The quantitative estimate of drug-likeness (QED) is 0.507. The fraction of sp³-hybridized carbons (Fsp3) is 0.727. The molecule has 2 amide bonds. The molecule has 2 atom stereocenters. The van der Waals surface area contributed by atoms with Crippen LogP contribution < -0.4 is 10.6 Å². The van der Waals surface area contributed by atoms with Crippen LogP contribution in [-0.4, -0.2) is 49.7 Å². The molecule has 1 rings (SSSR count). The minimum Gasteiger partial charge on any atom is -0.481 e. The van der Waals surface area contributed by atoms with Crippen LogP contribution in [0.3, 0.4) is 0 Å². The van der Waals surface area contributed by atoms with Gasteiger partial charge in [-0.15, -0.1) is 0 Å². The van der Waals surface area contributed by atoms with Gasteiger partial charge in [-0.05, 0) is 12.8 Å². The second-order valence-electron chi connectivity index (χ2n) is 4.19. The summed E-state index contributed by atoms with van der Waals surface area (Å²) in [6.45, 7) is 0.654. The lowest BCUT2D eigenvalue weighted by molar-refractivity contribution is -0.152. The Morgan fingerprint density at radius 1 is 1.22 bits per heavy atom. The molecule has 1 aliphatic rings. The zero-order valence-corrected chi connectivity index (χ0v) is 10.3. The van der Waals surface area contributed by atoms with E-state index >= 15 is 0 Å². The van der Waals surface area contributed by atoms with Crippen molar-refractivity contribution in [2.75, 3.05) is 26.8 Å². The summed E-state index contributed by atoms with van der Waals surface area (Å²) >= 11 is 0. The number of carboxylic acids is 1. The van der Waals surface area contributed by atoms with Gasteiger partial charge in [0.15, 0.2) is 0 Å². The van der Waals surface area contributed by atoms with Crippen LogP contribution in [-0.2, 0) is 19.1 Å². The smallest absolute Gasteiger partial charge is 0.307 e. The lowest BCUT2D eigenvalue weighted by Crippen LogP contribution is -2.47. The molecular formula is C11H18N2O5. The largest absolute Gasteiger partial charge is 0.481 e. The number of hydrogen-bond acceptors (Lipinski definition) is 4. The van der Waals surface area contributed by atoms with Gasteiger partial charge in [0, 0.05) is 13.7 Å². The highest BCUT2D eigenvalue weighted by atomic mass is 16.5. The molecule has 0 heterocycles. The van der Waals surface area contributed by atoms with Crippen molar-refractivity contribution in [2.45, 2.75) is 12.8 Å². The fourth-order valence-corrected chi connectivity index (χ4v) is 1.76. The van der Waals surface area contributed by atoms with E-state index in [9.17, 15) is 14.4 Å². The lowest BCUT2D eigenvalue weighted by atomic mass is 9.73. The van der Waals surface area contributed by atoms with E-state index in [2.05, 4.69) is 10.6 Å². The number of carbonyl (C=O) groups excluding carboxylic acids is 2. The minimum atomic E-state index is -0.953. The molecule has 0 aromatic rings. The molecule has 7 heteroatoms. The van der Waals surface area contributed by atoms with Gasteiger partial charge < -0.3 is 20.5 Å². The molecule has 18 heavy (non-hydrogen) atoms. The Labute approximate surface area is 105 Å². The number of aliphatic carboxylic acids is 1. The number of carbonyl (C=O) groups is 3. The van der Waals surface area contributed by atoms with Gasteiger partial charge in [-0.25, -0.2) is 0 Å². The number of rotatable bonds is 7. The van der Waals surface area contributed by atoms with E-state index in [0.29, 0.717) is 26.0 Å². The van der Waals surface area contributed by atoms with Crippen molar-refractivity contribution in [3.63, 3.8) is 0 Å². The third kappa shape index (κ3) is 3.99. The average Bonchev–Trinajstić information content (AvgIpc) is 2.24. The summed E-state index contributed by atoms with van der Waals surface area (Å²) in [5.41, 5.74) is 0. The number of nitrogens with one attached hydrogen (secondary N) is 2. The molecule has 0 spiro atoms. The molecule has 0 aromatic carbocycles. The van der Waals surface area contributed by atoms with E-state index in [0.717, 1.165) is 0 Å². The van der Waals surface area contributed by atoms with Gasteiger partial charge in [0.2, 0.25) is 11.8 Å². The van der Waals surface area contributed by atoms with E-state index in [1.165, 1.54) is 7.11 Å². The van der Waals surface area contributed by atoms with Crippen LogP contribution in [0.1, 0.15) is 12.8 Å². The van der Waals surface area contributed by atoms with Gasteiger partial charge in [0.1, 0.15) is 0 Å². The summed E-state index contributed by atoms with van der Waals surface area (Å²) in [7, 11) is 1.52. The van der Waals surface area contributed by atoms with E-state index in [4.69, 9.17) is 9.84 Å². The third-order valence-corrected chi connectivity index (χ3v) is 2.98. The maximum atomic E-state index is 11.6. The summed E-state index contributed by atoms with van der Waals surface area (Å²) in [5.74, 6) is -2.75. The fourth-order valence-electron chi connectivity index (χ4n) is 1.76. The van der Waals surface area contributed by atoms with Crippen molar-refractivity contribution in [3.8, 4) is 0 Å². The second-order valence-corrected chi connectivity index (χ2v) is 4.19. The molecule has 3 N–H and O–H groups in total. The summed E-state index contributed by atoms with van der Waals surface area (Å²) in [5, 5.41) is 13.8. The summed E-state index contributed by atoms with van der Waals surface area (Å²) in [6, 6.07) is 0. The molecule has 2 unspecified atom stereocenters. The van der Waals surface area contributed by atoms with Crippen molar-refractivity contribution in [3.05, 3.63) is 0 Å². The van der Waals surface area contributed by atoms with E-state index < -0.39 is 17.8 Å². The van der Waals surface area contributed by atoms with Crippen LogP contribution in [0, 0.1) is 11.8 Å². The Hall–Kier alpha value is -1.63. The second kappa shape index (κ2) is 6.95. The van der Waals surface area contributed by atoms with Crippen molar-refractivity contribution in [1.82, 2.24) is 10.6 Å². The van der Waals surface area contributed by atoms with Crippen molar-refractivity contribution >= 4 is 17.8 Å². The van der Waals surface area contributed by atoms with Crippen molar-refractivity contribution in [1.29, 1.82) is 0 Å². The molecule has 7 nitrogen and oxygen atoms in total. The number of carboxylic acid groups (broad SMARTS) is 1. The van der Waals surface area contributed by atoms with Gasteiger partial charge in [0.25, 0.3) is 0 Å². The molecule has 0 aromatic heterocycles. The average molecular weight is 258 g/mol. The molecular weight excluding hydrogens is 240 g/mol. The first kappa shape index (κ1) is 14.4. The standard InChI is InChI=1S/C11H18N2O5/c1-18-5-4-12-9(14)6-13-10(15)7-2-3-8(7)11(16)17/h7-8H,2-6H2,1H3,(H,12,14)(H,13,15)(H,16,17). The van der Waals surface area contributed by atoms with Crippen LogP contribution in [0.25, 0.3) is 0 Å². The number of methoxy groups -OCH3 is 1. The molecule has 102 valence electrons. The summed E-state index contributed by atoms with van der Waals surface area (Å²) in [4.78, 5) is 33.6. The molecule has 0 saturated heterocycles. The first-order valence-electron chi connectivity index (χ1n) is 5.82. The normalized spacial score (nSPS) is 21.8. The maximum Gasteiger partial charge on any atom is 0.307 e. The first-order valence-corrected chi connectivity index (χ1v) is 5.82. The van der Waals surface area contributed by atoms with Gasteiger partial charge in [-0.3, -0.25) is 14.4 Å². The monoisotopic (exact) mass is 258 g/mol. The van der Waals surface area contributed by atoms with E-state index in [-0.39, 0.29) is 18.4 Å². The number of amides is 2. The highest BCUT2D eigenvalue weighted by Gasteiger charge is 2.41. The maximum absolute atomic E-state index is 11.6. The Morgan fingerprint density at radius 3 is 2.39 bits per heavy atom. The Bertz CT molecular complexity index is 331. The van der Waals surface area contributed by atoms with Crippen LogP contribution in [0.2, 0.25) is 0 Å². The number of hydrogen-bond donors (Lipinski definition) is 3. The summed E-state index contributed by atoms with van der Waals surface area (Å²) < 4.78 is 4.76. The van der Waals surface area contributed by atoms with Crippen LogP contribution in [0.4, 0.5) is 0 Å². The Balaban J connectivity index is 2.21. The van der Waals surface area contributed by atoms with Crippen LogP contribution in [0.15, 0.2) is 0 Å². The summed E-state index contributed by atoms with van der Waals surface area (Å²) in [6.07, 6.45) is 1.08. The Kier molecular flexibility index (Phi) is 5.57. The topological polar surface area (TPSA) is 105 Å². The lowest BCUT2D eigenvalue weighted by Gasteiger charge is -2.31. The first-order chi connectivity index (χ1) is 8.56. The molecule has 1 saturated carbocycles. The Morgan fingerprint density at radius 2 is 1.89 bits per heavy atom. The minimum absolute atomic E-state index is 0.134. The number of ether oxygens (including phenoxy) is 1. The predicted molar refractivity (Wildman–Crippen MR) is 61.7 cm³/mol. The molecule has 0 radical (unpaired) electrons. The third-order valence-electron chi connectivity index (χ3n) is 2.98. The van der Waals surface area contributed by atoms with Crippen molar-refractivity contribution < 1.29 is 24.2 Å².